The van der Waals surface area contributed by atoms with Crippen LogP contribution in [0.5, 0.6) is 0 Å². The zero-order valence-corrected chi connectivity index (χ0v) is 14.0. The molecular formula is C14H32OS2. The van der Waals surface area contributed by atoms with Gasteiger partial charge in [0.05, 0.1) is 4.93 Å². The number of aliphatic hydroxyl groups is 1. The molecule has 1 N–H and O–H groups in total. The second-order valence-corrected chi connectivity index (χ2v) is 9.63. The monoisotopic (exact) mass is 280 g/mol. The van der Waals surface area contributed by atoms with Crippen LogP contribution in [0.1, 0.15) is 59.8 Å². The molecule has 0 radical (unpaired) electrons. The summed E-state index contributed by atoms with van der Waals surface area (Å²) in [5.74, 6) is 2.10. The Bertz CT molecular complexity index is 200. The molecule has 0 aliphatic heterocycles. The lowest BCUT2D eigenvalue weighted by atomic mass is 10.2. The molecule has 0 saturated carbocycles. The molecule has 0 spiro atoms. The van der Waals surface area contributed by atoms with Crippen molar-refractivity contribution in [2.45, 2.75) is 70.0 Å². The highest BCUT2D eigenvalue weighted by Gasteiger charge is 2.43. The Morgan fingerprint density at radius 1 is 1.12 bits per heavy atom. The summed E-state index contributed by atoms with van der Waals surface area (Å²) >= 11 is 4.35. The molecule has 0 aromatic rings. The second kappa shape index (κ2) is 7.96. The summed E-state index contributed by atoms with van der Waals surface area (Å²) in [4.78, 5) is -0.438. The highest BCUT2D eigenvalue weighted by atomic mass is 32.3. The van der Waals surface area contributed by atoms with E-state index in [9.17, 15) is 5.11 Å². The van der Waals surface area contributed by atoms with Crippen LogP contribution in [0.3, 0.4) is 0 Å². The predicted molar refractivity (Wildman–Crippen MR) is 86.8 cm³/mol. The van der Waals surface area contributed by atoms with Gasteiger partial charge >= 0.3 is 0 Å². The average molecular weight is 281 g/mol. The number of hydrogen-bond donors (Lipinski definition) is 2. The third kappa shape index (κ3) is 3.81. The highest BCUT2D eigenvalue weighted by Crippen LogP contribution is 2.63. The van der Waals surface area contributed by atoms with Crippen molar-refractivity contribution in [3.05, 3.63) is 0 Å². The molecule has 1 nitrogen and oxygen atoms in total. The van der Waals surface area contributed by atoms with Crippen molar-refractivity contribution in [2.75, 3.05) is 17.8 Å². The fraction of sp³-hybridized carbons (Fsp3) is 1.00. The Balaban J connectivity index is 5.19. The molecule has 0 aromatic carbocycles. The quantitative estimate of drug-likeness (QED) is 0.598. The van der Waals surface area contributed by atoms with E-state index in [1.165, 1.54) is 18.6 Å². The Morgan fingerprint density at radius 2 is 1.59 bits per heavy atom. The Labute approximate surface area is 115 Å². The van der Waals surface area contributed by atoms with Crippen molar-refractivity contribution in [3.8, 4) is 0 Å². The average Bonchev–Trinajstić information content (AvgIpc) is 2.36. The van der Waals surface area contributed by atoms with Crippen LogP contribution < -0.4 is 0 Å². The molecule has 17 heavy (non-hydrogen) atoms. The number of thiol groups is 1. The molecule has 0 bridgehead atoms. The first-order valence-electron chi connectivity index (χ1n) is 7.03. The van der Waals surface area contributed by atoms with Crippen molar-refractivity contribution in [1.29, 1.82) is 0 Å². The summed E-state index contributed by atoms with van der Waals surface area (Å²) < 4.78 is 0. The molecule has 1 atom stereocenters. The van der Waals surface area contributed by atoms with Crippen molar-refractivity contribution >= 4 is 22.7 Å². The molecular weight excluding hydrogens is 248 g/mol. The normalized spacial score (nSPS) is 18.1. The van der Waals surface area contributed by atoms with Gasteiger partial charge in [-0.05, 0) is 55.1 Å². The van der Waals surface area contributed by atoms with E-state index in [0.717, 1.165) is 25.0 Å². The molecule has 1 unspecified atom stereocenters. The maximum atomic E-state index is 11.0. The zero-order valence-electron chi connectivity index (χ0n) is 12.3. The first kappa shape index (κ1) is 17.7. The Kier molecular flexibility index (Phi) is 8.27. The standard InChI is InChI=1S/C14H32OS2/c1-6-13(7-2)17(5,12-10-11-16)14(15,8-3)9-4/h13,15-16H,6-12H2,1-5H3. The minimum absolute atomic E-state index is 0.438. The minimum Gasteiger partial charge on any atom is -0.381 e. The van der Waals surface area contributed by atoms with E-state index in [0.29, 0.717) is 5.25 Å². The SMILES string of the molecule is CCC(CC)S(C)(CCCS)C(O)(CC)CC. The van der Waals surface area contributed by atoms with Gasteiger partial charge in [0, 0.05) is 0 Å². The topological polar surface area (TPSA) is 20.2 Å². The van der Waals surface area contributed by atoms with Crippen LogP contribution in [0.2, 0.25) is 0 Å². The summed E-state index contributed by atoms with van der Waals surface area (Å²) in [7, 11) is -0.976. The Morgan fingerprint density at radius 3 is 1.88 bits per heavy atom. The lowest BCUT2D eigenvalue weighted by Crippen LogP contribution is -2.41. The lowest BCUT2D eigenvalue weighted by molar-refractivity contribution is 0.122. The van der Waals surface area contributed by atoms with Crippen molar-refractivity contribution in [2.24, 2.45) is 0 Å². The van der Waals surface area contributed by atoms with Crippen LogP contribution in [0.25, 0.3) is 0 Å². The summed E-state index contributed by atoms with van der Waals surface area (Å²) in [6.45, 7) is 8.81. The third-order valence-electron chi connectivity index (χ3n) is 4.35. The van der Waals surface area contributed by atoms with Crippen LogP contribution in [-0.2, 0) is 0 Å². The predicted octanol–water partition coefficient (Wildman–Crippen LogP) is 4.44. The van der Waals surface area contributed by atoms with Crippen molar-refractivity contribution in [1.82, 2.24) is 0 Å². The molecule has 3 heteroatoms. The van der Waals surface area contributed by atoms with Crippen LogP contribution in [-0.4, -0.2) is 33.1 Å². The molecule has 106 valence electrons. The maximum absolute atomic E-state index is 11.0. The van der Waals surface area contributed by atoms with E-state index < -0.39 is 15.0 Å². The lowest BCUT2D eigenvalue weighted by Gasteiger charge is -2.54. The summed E-state index contributed by atoms with van der Waals surface area (Å²) in [6.07, 6.45) is 7.67. The summed E-state index contributed by atoms with van der Waals surface area (Å²) in [5, 5.41) is 11.7. The highest BCUT2D eigenvalue weighted by molar-refractivity contribution is 8.34. The fourth-order valence-corrected chi connectivity index (χ4v) is 8.21. The molecule has 0 amide bonds. The van der Waals surface area contributed by atoms with E-state index in [-0.39, 0.29) is 0 Å². The number of rotatable bonds is 9. The number of hydrogen-bond acceptors (Lipinski definition) is 2. The summed E-state index contributed by atoms with van der Waals surface area (Å²) in [6, 6.07) is 0. The Hall–Kier alpha value is 0.660. The van der Waals surface area contributed by atoms with Crippen molar-refractivity contribution in [3.63, 3.8) is 0 Å². The van der Waals surface area contributed by atoms with E-state index in [1.807, 2.05) is 0 Å². The van der Waals surface area contributed by atoms with E-state index in [1.54, 1.807) is 0 Å². The second-order valence-electron chi connectivity index (χ2n) is 5.03. The van der Waals surface area contributed by atoms with Crippen LogP contribution in [0, 0.1) is 0 Å². The van der Waals surface area contributed by atoms with E-state index in [4.69, 9.17) is 0 Å². The third-order valence-corrected chi connectivity index (χ3v) is 10.3. The van der Waals surface area contributed by atoms with Gasteiger partial charge in [0.1, 0.15) is 0 Å². The molecule has 0 fully saturated rings. The molecule has 0 heterocycles. The molecule has 0 aliphatic carbocycles. The molecule has 0 saturated heterocycles. The van der Waals surface area contributed by atoms with Crippen LogP contribution in [0.4, 0.5) is 0 Å². The van der Waals surface area contributed by atoms with Gasteiger partial charge in [-0.15, -0.1) is 0 Å². The van der Waals surface area contributed by atoms with Crippen LogP contribution >= 0.6 is 22.7 Å². The first-order chi connectivity index (χ1) is 7.95. The van der Waals surface area contributed by atoms with Gasteiger partial charge in [0.25, 0.3) is 0 Å². The maximum Gasteiger partial charge on any atom is 0.0946 e. The zero-order chi connectivity index (χ0) is 13.5. The first-order valence-corrected chi connectivity index (χ1v) is 9.93. The minimum atomic E-state index is -0.976. The van der Waals surface area contributed by atoms with Crippen molar-refractivity contribution < 1.29 is 5.11 Å². The van der Waals surface area contributed by atoms with Gasteiger partial charge in [-0.25, -0.2) is 10.0 Å². The molecule has 0 aromatic heterocycles. The van der Waals surface area contributed by atoms with Gasteiger partial charge in [-0.2, -0.15) is 12.6 Å². The van der Waals surface area contributed by atoms with Gasteiger partial charge in [0.15, 0.2) is 0 Å². The fourth-order valence-electron chi connectivity index (χ4n) is 2.97. The van der Waals surface area contributed by atoms with Gasteiger partial charge in [-0.1, -0.05) is 27.7 Å². The summed E-state index contributed by atoms with van der Waals surface area (Å²) in [5.41, 5.74) is 0. The smallest absolute Gasteiger partial charge is 0.0946 e. The van der Waals surface area contributed by atoms with E-state index in [2.05, 4.69) is 46.6 Å². The van der Waals surface area contributed by atoms with E-state index >= 15 is 0 Å². The van der Waals surface area contributed by atoms with Gasteiger partial charge in [-0.3, -0.25) is 0 Å². The van der Waals surface area contributed by atoms with Gasteiger partial charge < -0.3 is 5.11 Å². The van der Waals surface area contributed by atoms with Crippen LogP contribution in [0.15, 0.2) is 0 Å². The molecule has 0 rings (SSSR count). The molecule has 0 aliphatic rings. The van der Waals surface area contributed by atoms with Gasteiger partial charge in [0.2, 0.25) is 0 Å². The largest absolute Gasteiger partial charge is 0.381 e.